The van der Waals surface area contributed by atoms with Crippen molar-refractivity contribution in [2.24, 2.45) is 5.73 Å². The van der Waals surface area contributed by atoms with E-state index >= 15 is 0 Å². The van der Waals surface area contributed by atoms with E-state index in [4.69, 9.17) is 10.5 Å². The molecule has 1 aromatic carbocycles. The van der Waals surface area contributed by atoms with Gasteiger partial charge < -0.3 is 15.4 Å². The fraction of sp³-hybridized carbons (Fsp3) is 0.625. The minimum atomic E-state index is 0.232. The van der Waals surface area contributed by atoms with Gasteiger partial charge in [-0.2, -0.15) is 0 Å². The summed E-state index contributed by atoms with van der Waals surface area (Å²) in [5.74, 6) is 0. The smallest absolute Gasteiger partial charge is 0.0721 e. The second-order valence-electron chi connectivity index (χ2n) is 5.63. The summed E-state index contributed by atoms with van der Waals surface area (Å²) in [6.07, 6.45) is 3.31. The van der Waals surface area contributed by atoms with E-state index in [2.05, 4.69) is 52.9 Å². The third-order valence-electron chi connectivity index (χ3n) is 3.85. The van der Waals surface area contributed by atoms with Crippen LogP contribution in [0.3, 0.4) is 0 Å². The summed E-state index contributed by atoms with van der Waals surface area (Å²) >= 11 is 3.59. The average Bonchev–Trinajstić information content (AvgIpc) is 2.65. The van der Waals surface area contributed by atoms with Crippen LogP contribution in [0.2, 0.25) is 0 Å². The maximum absolute atomic E-state index is 6.14. The van der Waals surface area contributed by atoms with Crippen molar-refractivity contribution in [3.63, 3.8) is 0 Å². The normalized spacial score (nSPS) is 21.6. The molecule has 20 heavy (non-hydrogen) atoms. The molecule has 1 fully saturated rings. The molecule has 1 aliphatic heterocycles. The van der Waals surface area contributed by atoms with Crippen LogP contribution in [0.4, 0.5) is 5.69 Å². The van der Waals surface area contributed by atoms with Crippen LogP contribution in [0.5, 0.6) is 0 Å². The van der Waals surface area contributed by atoms with Gasteiger partial charge in [0.2, 0.25) is 0 Å². The Hall–Kier alpha value is -0.580. The topological polar surface area (TPSA) is 38.5 Å². The van der Waals surface area contributed by atoms with E-state index in [1.165, 1.54) is 11.3 Å². The highest BCUT2D eigenvalue weighted by atomic mass is 79.9. The van der Waals surface area contributed by atoms with Gasteiger partial charge in [-0.05, 0) is 43.9 Å². The third-order valence-corrected chi connectivity index (χ3v) is 4.34. The predicted octanol–water partition coefficient (Wildman–Crippen LogP) is 3.34. The van der Waals surface area contributed by atoms with Crippen LogP contribution in [0.25, 0.3) is 0 Å². The Kier molecular flexibility index (Phi) is 5.87. The number of anilines is 1. The Bertz CT molecular complexity index is 438. The predicted molar refractivity (Wildman–Crippen MR) is 88.4 cm³/mol. The van der Waals surface area contributed by atoms with Gasteiger partial charge in [-0.3, -0.25) is 0 Å². The molecule has 2 atom stereocenters. The average molecular weight is 341 g/mol. The number of hydrogen-bond acceptors (Lipinski definition) is 3. The van der Waals surface area contributed by atoms with E-state index < -0.39 is 0 Å². The molecule has 0 aromatic heterocycles. The van der Waals surface area contributed by atoms with Gasteiger partial charge in [-0.25, -0.2) is 0 Å². The minimum Gasteiger partial charge on any atom is -0.377 e. The number of nitrogens with zero attached hydrogens (tertiary/aromatic N) is 1. The molecule has 4 heteroatoms. The molecule has 2 N–H and O–H groups in total. The molecule has 2 rings (SSSR count). The first-order valence-electron chi connectivity index (χ1n) is 7.50. The summed E-state index contributed by atoms with van der Waals surface area (Å²) in [5, 5.41) is 0. The second-order valence-corrected chi connectivity index (χ2v) is 6.54. The zero-order valence-electron chi connectivity index (χ0n) is 12.4. The molecular formula is C16H25BrN2O. The monoisotopic (exact) mass is 340 g/mol. The first kappa shape index (κ1) is 15.8. The molecule has 0 radical (unpaired) electrons. The van der Waals surface area contributed by atoms with Crippen molar-refractivity contribution in [3.8, 4) is 0 Å². The van der Waals surface area contributed by atoms with Gasteiger partial charge in [-0.15, -0.1) is 0 Å². The molecule has 1 aliphatic rings. The van der Waals surface area contributed by atoms with E-state index in [0.29, 0.717) is 0 Å². The number of benzene rings is 1. The number of nitrogens with two attached hydrogens (primary N) is 1. The largest absolute Gasteiger partial charge is 0.377 e. The van der Waals surface area contributed by atoms with Gasteiger partial charge in [0.25, 0.3) is 0 Å². The van der Waals surface area contributed by atoms with Crippen molar-refractivity contribution in [1.82, 2.24) is 0 Å². The summed E-state index contributed by atoms with van der Waals surface area (Å²) in [7, 11) is 0. The summed E-state index contributed by atoms with van der Waals surface area (Å²) in [6, 6.07) is 6.76. The number of rotatable bonds is 4. The highest BCUT2D eigenvalue weighted by molar-refractivity contribution is 9.10. The van der Waals surface area contributed by atoms with Gasteiger partial charge >= 0.3 is 0 Å². The molecule has 1 heterocycles. The summed E-state index contributed by atoms with van der Waals surface area (Å²) < 4.78 is 6.87. The Morgan fingerprint density at radius 3 is 3.05 bits per heavy atom. The van der Waals surface area contributed by atoms with Crippen LogP contribution in [0, 0.1) is 0 Å². The molecule has 0 bridgehead atoms. The quantitative estimate of drug-likeness (QED) is 0.913. The van der Waals surface area contributed by atoms with Gasteiger partial charge in [0.15, 0.2) is 0 Å². The van der Waals surface area contributed by atoms with Crippen LogP contribution < -0.4 is 10.6 Å². The van der Waals surface area contributed by atoms with E-state index in [9.17, 15) is 0 Å². The molecule has 0 aliphatic carbocycles. The highest BCUT2D eigenvalue weighted by Crippen LogP contribution is 2.28. The maximum atomic E-state index is 6.14. The molecule has 0 amide bonds. The fourth-order valence-electron chi connectivity index (χ4n) is 2.64. The Morgan fingerprint density at radius 2 is 2.30 bits per heavy atom. The van der Waals surface area contributed by atoms with Crippen molar-refractivity contribution in [2.45, 2.75) is 45.3 Å². The maximum Gasteiger partial charge on any atom is 0.0721 e. The van der Waals surface area contributed by atoms with Crippen LogP contribution in [-0.2, 0) is 11.2 Å². The van der Waals surface area contributed by atoms with Crippen molar-refractivity contribution in [1.29, 1.82) is 0 Å². The van der Waals surface area contributed by atoms with Crippen molar-refractivity contribution in [3.05, 3.63) is 28.2 Å². The summed E-state index contributed by atoms with van der Waals surface area (Å²) in [5.41, 5.74) is 8.79. The standard InChI is InChI=1S/C16H25BrN2O/c1-3-15(18)9-13-5-6-14(17)10-16(13)19-7-4-8-20-12(2)11-19/h5-6,10,12,15H,3-4,7-9,11,18H2,1-2H3. The van der Waals surface area contributed by atoms with Gasteiger partial charge in [0, 0.05) is 35.9 Å². The number of hydrogen-bond donors (Lipinski definition) is 1. The van der Waals surface area contributed by atoms with Gasteiger partial charge in [-0.1, -0.05) is 28.9 Å². The lowest BCUT2D eigenvalue weighted by Crippen LogP contribution is -2.32. The zero-order valence-corrected chi connectivity index (χ0v) is 14.0. The van der Waals surface area contributed by atoms with Crippen molar-refractivity contribution >= 4 is 21.6 Å². The van der Waals surface area contributed by atoms with Gasteiger partial charge in [0.05, 0.1) is 6.10 Å². The van der Waals surface area contributed by atoms with Crippen LogP contribution in [-0.4, -0.2) is 31.8 Å². The lowest BCUT2D eigenvalue weighted by Gasteiger charge is -2.28. The molecular weight excluding hydrogens is 316 g/mol. The second kappa shape index (κ2) is 7.43. The summed E-state index contributed by atoms with van der Waals surface area (Å²) in [6.45, 7) is 7.15. The van der Waals surface area contributed by atoms with Crippen LogP contribution in [0.15, 0.2) is 22.7 Å². The van der Waals surface area contributed by atoms with E-state index in [-0.39, 0.29) is 12.1 Å². The van der Waals surface area contributed by atoms with Gasteiger partial charge in [0.1, 0.15) is 0 Å². The molecule has 0 spiro atoms. The number of halogens is 1. The van der Waals surface area contributed by atoms with Crippen LogP contribution >= 0.6 is 15.9 Å². The first-order valence-corrected chi connectivity index (χ1v) is 8.30. The Morgan fingerprint density at radius 1 is 1.50 bits per heavy atom. The SMILES string of the molecule is CCC(N)Cc1ccc(Br)cc1N1CCCOC(C)C1. The fourth-order valence-corrected chi connectivity index (χ4v) is 2.99. The third kappa shape index (κ3) is 4.21. The Labute approximate surface area is 130 Å². The van der Waals surface area contributed by atoms with Crippen LogP contribution in [0.1, 0.15) is 32.3 Å². The lowest BCUT2D eigenvalue weighted by atomic mass is 10.0. The highest BCUT2D eigenvalue weighted by Gasteiger charge is 2.18. The van der Waals surface area contributed by atoms with E-state index in [1.54, 1.807) is 0 Å². The Balaban J connectivity index is 2.25. The van der Waals surface area contributed by atoms with E-state index in [1.807, 2.05) is 0 Å². The molecule has 112 valence electrons. The summed E-state index contributed by atoms with van der Waals surface area (Å²) in [4.78, 5) is 2.44. The molecule has 1 aromatic rings. The zero-order chi connectivity index (χ0) is 14.5. The molecule has 0 saturated carbocycles. The van der Waals surface area contributed by atoms with Crippen molar-refractivity contribution < 1.29 is 4.74 Å². The lowest BCUT2D eigenvalue weighted by molar-refractivity contribution is 0.0821. The van der Waals surface area contributed by atoms with E-state index in [0.717, 1.165) is 43.4 Å². The number of ether oxygens (including phenoxy) is 1. The minimum absolute atomic E-state index is 0.232. The molecule has 3 nitrogen and oxygen atoms in total. The molecule has 1 saturated heterocycles. The first-order chi connectivity index (χ1) is 9.60. The van der Waals surface area contributed by atoms with Crippen molar-refractivity contribution in [2.75, 3.05) is 24.6 Å². The molecule has 2 unspecified atom stereocenters.